The molecule has 0 aliphatic rings. The Morgan fingerprint density at radius 1 is 0.222 bits per heavy atom. The molecule has 0 atom stereocenters. The lowest BCUT2D eigenvalue weighted by Gasteiger charge is -2.28. The van der Waals surface area contributed by atoms with Gasteiger partial charge in [0.05, 0.1) is 0 Å². The van der Waals surface area contributed by atoms with E-state index in [4.69, 9.17) is 0 Å². The number of fused-ring (bicyclic) bond motifs is 4. The van der Waals surface area contributed by atoms with Crippen molar-refractivity contribution in [1.82, 2.24) is 0 Å². The van der Waals surface area contributed by atoms with E-state index >= 15 is 0 Å². The van der Waals surface area contributed by atoms with Gasteiger partial charge >= 0.3 is 0 Å². The predicted octanol–water partition coefficient (Wildman–Crippen LogP) is 16.7. The van der Waals surface area contributed by atoms with E-state index in [0.717, 1.165) is 0 Å². The van der Waals surface area contributed by atoms with Gasteiger partial charge in [-0.25, -0.2) is 0 Å². The van der Waals surface area contributed by atoms with Crippen molar-refractivity contribution in [2.24, 2.45) is 0 Å². The smallest absolute Gasteiger partial charge is 0.000883 e. The van der Waals surface area contributed by atoms with Crippen LogP contribution in [0.2, 0.25) is 0 Å². The van der Waals surface area contributed by atoms with Crippen LogP contribution in [0.15, 0.2) is 243 Å². The van der Waals surface area contributed by atoms with Crippen LogP contribution in [0.4, 0.5) is 0 Å². The number of aryl methyl sites for hydroxylation is 6. The maximum Gasteiger partial charge on any atom is -0.000883 e. The average molecular weight is 961 g/mol. The monoisotopic (exact) mass is 960 g/mol. The molecule has 0 heterocycles. The number of hydrogen-bond donors (Lipinski definition) is 0. The molecule has 0 aliphatic heterocycles. The highest BCUT2D eigenvalue weighted by Crippen LogP contribution is 2.46. The van der Waals surface area contributed by atoms with Crippen LogP contribution >= 0.6 is 15.8 Å². The fraction of sp³-hybridized carbons (Fsp3) is 0.0857. The van der Waals surface area contributed by atoms with Crippen molar-refractivity contribution in [3.63, 3.8) is 0 Å². The Morgan fingerprint density at radius 2 is 0.472 bits per heavy atom. The van der Waals surface area contributed by atoms with Crippen LogP contribution in [0, 0.1) is 41.5 Å². The van der Waals surface area contributed by atoms with E-state index in [9.17, 15) is 0 Å². The van der Waals surface area contributed by atoms with Gasteiger partial charge in [0.2, 0.25) is 0 Å². The number of hydrogen-bond acceptors (Lipinski definition) is 0. The summed E-state index contributed by atoms with van der Waals surface area (Å²) in [7, 11) is -1.73. The predicted molar refractivity (Wildman–Crippen MR) is 320 cm³/mol. The highest BCUT2D eigenvalue weighted by molar-refractivity contribution is 7.80. The summed E-state index contributed by atoms with van der Waals surface area (Å²) < 4.78 is 0. The molecule has 0 bridgehead atoms. The summed E-state index contributed by atoms with van der Waals surface area (Å²) in [6.07, 6.45) is 0. The fourth-order valence-corrected chi connectivity index (χ4v) is 15.7. The molecular formula is C70H58P2. The first-order chi connectivity index (χ1) is 35.2. The van der Waals surface area contributed by atoms with E-state index in [1.54, 1.807) is 0 Å². The van der Waals surface area contributed by atoms with Gasteiger partial charge in [-0.3, -0.25) is 0 Å². The van der Waals surface area contributed by atoms with Crippen molar-refractivity contribution in [2.45, 2.75) is 41.5 Å². The Kier molecular flexibility index (Phi) is 13.2. The lowest BCUT2D eigenvalue weighted by atomic mass is 9.87. The Labute approximate surface area is 428 Å². The third-order valence-electron chi connectivity index (χ3n) is 14.1. The summed E-state index contributed by atoms with van der Waals surface area (Å²) in [5.74, 6) is 0. The standard InChI is InChI=1S/C46H36P2.C24H22/c1-33-23-27-41-35(31-33)25-29-43(47(37-15-7-3-8-16-37)38-17-9-4-10-18-38)45(41)46-42-28-24-34(2)32-36(42)26-30-44(46)48(39-19-11-5-12-20-39)40-21-13-6-14-22-40;1-15-5-11-21-19(13-15)9-7-17(3)23(21)24-18(4)8-10-20-14-16(2)6-12-22(20)24/h3-32H,1-2H3;5-14H,1-4H3. The maximum atomic E-state index is 2.44. The molecule has 0 nitrogen and oxygen atoms in total. The molecule has 0 saturated carbocycles. The zero-order valence-electron chi connectivity index (χ0n) is 42.0. The first-order valence-electron chi connectivity index (χ1n) is 25.1. The van der Waals surface area contributed by atoms with Crippen LogP contribution in [0.1, 0.15) is 33.4 Å². The molecule has 348 valence electrons. The minimum absolute atomic E-state index is 0.866. The second kappa shape index (κ2) is 20.3. The number of rotatable bonds is 8. The van der Waals surface area contributed by atoms with E-state index in [1.165, 1.54) is 131 Å². The Hall–Kier alpha value is -7.46. The average Bonchev–Trinajstić information content (AvgIpc) is 3.40. The van der Waals surface area contributed by atoms with Crippen molar-refractivity contribution in [3.8, 4) is 22.3 Å². The zero-order chi connectivity index (χ0) is 49.3. The molecule has 12 aromatic rings. The first-order valence-corrected chi connectivity index (χ1v) is 27.8. The van der Waals surface area contributed by atoms with Crippen molar-refractivity contribution in [3.05, 3.63) is 276 Å². The molecule has 0 N–H and O–H groups in total. The van der Waals surface area contributed by atoms with Crippen molar-refractivity contribution < 1.29 is 0 Å². The minimum atomic E-state index is -0.866. The molecule has 0 amide bonds. The molecule has 0 spiro atoms. The quantitative estimate of drug-likeness (QED) is 0.133. The molecule has 0 saturated heterocycles. The van der Waals surface area contributed by atoms with Crippen LogP contribution in [0.3, 0.4) is 0 Å². The fourth-order valence-electron chi connectivity index (χ4n) is 10.7. The Balaban J connectivity index is 0.000000195. The normalized spacial score (nSPS) is 11.4. The molecule has 2 heteroatoms. The van der Waals surface area contributed by atoms with Crippen molar-refractivity contribution in [1.29, 1.82) is 0 Å². The summed E-state index contributed by atoms with van der Waals surface area (Å²) in [4.78, 5) is 0. The van der Waals surface area contributed by atoms with Crippen LogP contribution in [0.5, 0.6) is 0 Å². The topological polar surface area (TPSA) is 0 Å². The lowest BCUT2D eigenvalue weighted by molar-refractivity contribution is 1.43. The molecule has 0 aliphatic carbocycles. The van der Waals surface area contributed by atoms with E-state index in [1.807, 2.05) is 0 Å². The van der Waals surface area contributed by atoms with Gasteiger partial charge in [0, 0.05) is 0 Å². The molecule has 0 fully saturated rings. The van der Waals surface area contributed by atoms with Crippen molar-refractivity contribution in [2.75, 3.05) is 0 Å². The largest absolute Gasteiger partial charge is 0.0622 e. The van der Waals surface area contributed by atoms with Crippen molar-refractivity contribution >= 4 is 90.8 Å². The highest BCUT2D eigenvalue weighted by Gasteiger charge is 2.28. The second-order valence-corrected chi connectivity index (χ2v) is 23.7. The third-order valence-corrected chi connectivity index (χ3v) is 19.1. The molecule has 0 radical (unpaired) electrons. The maximum absolute atomic E-state index is 2.44. The molecule has 12 aromatic carbocycles. The third kappa shape index (κ3) is 9.19. The first kappa shape index (κ1) is 46.9. The van der Waals surface area contributed by atoms with Gasteiger partial charge in [0.15, 0.2) is 0 Å². The molecular weight excluding hydrogens is 903 g/mol. The van der Waals surface area contributed by atoms with Gasteiger partial charge in [0.1, 0.15) is 0 Å². The molecule has 0 unspecified atom stereocenters. The molecule has 72 heavy (non-hydrogen) atoms. The van der Waals surface area contributed by atoms with Gasteiger partial charge in [0.25, 0.3) is 0 Å². The Morgan fingerprint density at radius 3 is 0.750 bits per heavy atom. The summed E-state index contributed by atoms with van der Waals surface area (Å²) in [5.41, 5.74) is 13.3. The van der Waals surface area contributed by atoms with Crippen LogP contribution in [-0.4, -0.2) is 0 Å². The van der Waals surface area contributed by atoms with Gasteiger partial charge in [-0.2, -0.15) is 0 Å². The van der Waals surface area contributed by atoms with Gasteiger partial charge in [-0.15, -0.1) is 0 Å². The SMILES string of the molecule is Cc1ccc2c(-c3c(C)ccc4cc(C)ccc34)c(C)ccc2c1.Cc1ccc2c(-c3c(P(c4ccccc4)c4ccccc4)ccc4cc(C)ccc34)c(P(c3ccccc3)c3ccccc3)ccc2c1. The summed E-state index contributed by atoms with van der Waals surface area (Å²) >= 11 is 0. The van der Waals surface area contributed by atoms with E-state index in [-0.39, 0.29) is 0 Å². The lowest BCUT2D eigenvalue weighted by Crippen LogP contribution is -2.26. The number of benzene rings is 12. The highest BCUT2D eigenvalue weighted by atomic mass is 31.1. The van der Waals surface area contributed by atoms with Crippen LogP contribution in [0.25, 0.3) is 65.3 Å². The molecule has 0 aromatic heterocycles. The summed E-state index contributed by atoms with van der Waals surface area (Å²) in [6.45, 7) is 13.2. The van der Waals surface area contributed by atoms with Crippen LogP contribution in [-0.2, 0) is 0 Å². The second-order valence-electron chi connectivity index (χ2n) is 19.3. The summed E-state index contributed by atoms with van der Waals surface area (Å²) in [6, 6.07) is 90.7. The van der Waals surface area contributed by atoms with E-state index in [0.29, 0.717) is 0 Å². The van der Waals surface area contributed by atoms with Gasteiger partial charge < -0.3 is 0 Å². The zero-order valence-corrected chi connectivity index (χ0v) is 43.8. The van der Waals surface area contributed by atoms with E-state index in [2.05, 4.69) is 284 Å². The van der Waals surface area contributed by atoms with Gasteiger partial charge in [-0.1, -0.05) is 265 Å². The summed E-state index contributed by atoms with van der Waals surface area (Å²) in [5, 5.41) is 18.7. The van der Waals surface area contributed by atoms with E-state index < -0.39 is 15.8 Å². The van der Waals surface area contributed by atoms with Gasteiger partial charge in [-0.05, 0) is 166 Å². The molecule has 12 rings (SSSR count). The Bertz CT molecular complexity index is 3580. The minimum Gasteiger partial charge on any atom is -0.0622 e. The van der Waals surface area contributed by atoms with Crippen LogP contribution < -0.4 is 31.8 Å².